The summed E-state index contributed by atoms with van der Waals surface area (Å²) < 4.78 is 5.54. The second-order valence-electron chi connectivity index (χ2n) is 4.86. The maximum absolute atomic E-state index is 11.7. The molecule has 3 rings (SSSR count). The fraction of sp³-hybridized carbons (Fsp3) is 0.909. The zero-order chi connectivity index (χ0) is 9.16. The third-order valence-corrected chi connectivity index (χ3v) is 4.27. The first kappa shape index (κ1) is 7.98. The van der Waals surface area contributed by atoms with Gasteiger partial charge < -0.3 is 4.74 Å². The van der Waals surface area contributed by atoms with Crippen LogP contribution in [0, 0.1) is 23.7 Å². The maximum atomic E-state index is 11.7. The molecule has 0 spiro atoms. The molecule has 6 unspecified atom stereocenters. The van der Waals surface area contributed by atoms with Crippen LogP contribution in [-0.4, -0.2) is 18.0 Å². The van der Waals surface area contributed by atoms with Gasteiger partial charge in [0.2, 0.25) is 0 Å². The Kier molecular flexibility index (Phi) is 1.44. The summed E-state index contributed by atoms with van der Waals surface area (Å²) in [6.45, 7) is 4.25. The van der Waals surface area contributed by atoms with Crippen LogP contribution in [-0.2, 0) is 9.53 Å². The number of carbonyl (C=O) groups is 1. The van der Waals surface area contributed by atoms with Crippen LogP contribution >= 0.6 is 0 Å². The molecule has 0 bridgehead atoms. The normalized spacial score (nSPS) is 56.5. The lowest BCUT2D eigenvalue weighted by atomic mass is 9.70. The van der Waals surface area contributed by atoms with Gasteiger partial charge in [-0.3, -0.25) is 4.79 Å². The molecule has 0 N–H and O–H groups in total. The molecule has 2 aliphatic carbocycles. The number of hydrogen-bond acceptors (Lipinski definition) is 2. The third-order valence-electron chi connectivity index (χ3n) is 4.27. The van der Waals surface area contributed by atoms with Crippen LogP contribution in [0.4, 0.5) is 0 Å². The fourth-order valence-corrected chi connectivity index (χ4v) is 3.57. The molecule has 0 amide bonds. The van der Waals surface area contributed by atoms with Crippen molar-refractivity contribution in [3.63, 3.8) is 0 Å². The van der Waals surface area contributed by atoms with Gasteiger partial charge in [-0.2, -0.15) is 0 Å². The minimum absolute atomic E-state index is 0.341. The van der Waals surface area contributed by atoms with Crippen LogP contribution in [0.25, 0.3) is 0 Å². The van der Waals surface area contributed by atoms with Crippen LogP contribution in [0.5, 0.6) is 0 Å². The van der Waals surface area contributed by atoms with Gasteiger partial charge in [0.25, 0.3) is 0 Å². The predicted octanol–water partition coefficient (Wildman–Crippen LogP) is 1.63. The topological polar surface area (TPSA) is 29.6 Å². The summed E-state index contributed by atoms with van der Waals surface area (Å²) >= 11 is 0. The van der Waals surface area contributed by atoms with Gasteiger partial charge in [0.05, 0.1) is 12.2 Å². The highest BCUT2D eigenvalue weighted by Gasteiger charge is 2.70. The number of fused-ring (bicyclic) bond motifs is 4. The lowest BCUT2D eigenvalue weighted by Crippen LogP contribution is -2.39. The average Bonchev–Trinajstić information content (AvgIpc) is 2.69. The van der Waals surface area contributed by atoms with E-state index in [1.54, 1.807) is 0 Å². The van der Waals surface area contributed by atoms with Crippen LogP contribution in [0.3, 0.4) is 0 Å². The van der Waals surface area contributed by atoms with Crippen molar-refractivity contribution in [1.29, 1.82) is 0 Å². The molecule has 1 aliphatic heterocycles. The Hall–Kier alpha value is -0.370. The van der Waals surface area contributed by atoms with Gasteiger partial charge in [-0.1, -0.05) is 13.8 Å². The molecule has 2 heteroatoms. The van der Waals surface area contributed by atoms with Crippen molar-refractivity contribution in [2.24, 2.45) is 23.7 Å². The molecule has 1 heterocycles. The SMILES string of the molecule is CCC(=O)C1CC(C)C2C3OC3C12. The van der Waals surface area contributed by atoms with Gasteiger partial charge >= 0.3 is 0 Å². The largest absolute Gasteiger partial charge is 0.369 e. The number of Topliss-reactive ketones (excluding diaryl/α,β-unsaturated/α-hetero) is 1. The van der Waals surface area contributed by atoms with Crippen LogP contribution < -0.4 is 0 Å². The number of carbonyl (C=O) groups excluding carboxylic acids is 1. The first-order valence-electron chi connectivity index (χ1n) is 5.42. The Morgan fingerprint density at radius 1 is 1.38 bits per heavy atom. The Balaban J connectivity index is 1.80. The van der Waals surface area contributed by atoms with E-state index in [4.69, 9.17) is 4.74 Å². The Labute approximate surface area is 78.6 Å². The Morgan fingerprint density at radius 2 is 2.08 bits per heavy atom. The van der Waals surface area contributed by atoms with Crippen LogP contribution in [0.15, 0.2) is 0 Å². The van der Waals surface area contributed by atoms with Crippen LogP contribution in [0.1, 0.15) is 26.7 Å². The van der Waals surface area contributed by atoms with Crippen molar-refractivity contribution >= 4 is 5.78 Å². The van der Waals surface area contributed by atoms with Crippen molar-refractivity contribution in [3.8, 4) is 0 Å². The quantitative estimate of drug-likeness (QED) is 0.604. The van der Waals surface area contributed by atoms with Crippen molar-refractivity contribution < 1.29 is 9.53 Å². The summed E-state index contributed by atoms with van der Waals surface area (Å²) in [6, 6.07) is 0. The van der Waals surface area contributed by atoms with Crippen molar-refractivity contribution in [2.75, 3.05) is 0 Å². The molecule has 3 fully saturated rings. The van der Waals surface area contributed by atoms with Crippen molar-refractivity contribution in [1.82, 2.24) is 0 Å². The van der Waals surface area contributed by atoms with E-state index in [0.29, 0.717) is 42.2 Å². The first-order chi connectivity index (χ1) is 6.24. The minimum atomic E-state index is 0.341. The molecule has 0 radical (unpaired) electrons. The highest BCUT2D eigenvalue weighted by molar-refractivity contribution is 5.82. The second-order valence-corrected chi connectivity index (χ2v) is 4.86. The van der Waals surface area contributed by atoms with Gasteiger partial charge in [0, 0.05) is 18.3 Å². The van der Waals surface area contributed by atoms with E-state index < -0.39 is 0 Å². The number of ether oxygens (including phenoxy) is 1. The lowest BCUT2D eigenvalue weighted by molar-refractivity contribution is -0.124. The van der Waals surface area contributed by atoms with Gasteiger partial charge in [0.1, 0.15) is 5.78 Å². The zero-order valence-electron chi connectivity index (χ0n) is 8.19. The molecule has 2 nitrogen and oxygen atoms in total. The second kappa shape index (κ2) is 2.35. The zero-order valence-corrected chi connectivity index (χ0v) is 8.19. The van der Waals surface area contributed by atoms with E-state index in [-0.39, 0.29) is 0 Å². The molecule has 1 saturated heterocycles. The molecule has 0 aromatic carbocycles. The molecule has 13 heavy (non-hydrogen) atoms. The molecular formula is C11H16O2. The molecule has 0 aromatic heterocycles. The first-order valence-corrected chi connectivity index (χ1v) is 5.42. The maximum Gasteiger partial charge on any atom is 0.136 e. The number of hydrogen-bond donors (Lipinski definition) is 0. The van der Waals surface area contributed by atoms with E-state index in [1.165, 1.54) is 0 Å². The monoisotopic (exact) mass is 180 g/mol. The molecule has 2 saturated carbocycles. The summed E-state index contributed by atoms with van der Waals surface area (Å²) in [5.74, 6) is 2.86. The van der Waals surface area contributed by atoms with Crippen molar-refractivity contribution in [3.05, 3.63) is 0 Å². The summed E-state index contributed by atoms with van der Waals surface area (Å²) in [5, 5.41) is 0. The highest BCUT2D eigenvalue weighted by Crippen LogP contribution is 2.64. The lowest BCUT2D eigenvalue weighted by Gasteiger charge is -2.29. The van der Waals surface area contributed by atoms with E-state index in [9.17, 15) is 4.79 Å². The van der Waals surface area contributed by atoms with Crippen LogP contribution in [0.2, 0.25) is 0 Å². The summed E-state index contributed by atoms with van der Waals surface area (Å²) in [6.07, 6.45) is 2.86. The van der Waals surface area contributed by atoms with Gasteiger partial charge in [0.15, 0.2) is 0 Å². The van der Waals surface area contributed by atoms with Crippen molar-refractivity contribution in [2.45, 2.75) is 38.9 Å². The molecule has 3 aliphatic rings. The van der Waals surface area contributed by atoms with Gasteiger partial charge in [-0.05, 0) is 18.3 Å². The minimum Gasteiger partial charge on any atom is -0.369 e. The summed E-state index contributed by atoms with van der Waals surface area (Å²) in [5.41, 5.74) is 0. The molecular weight excluding hydrogens is 164 g/mol. The van der Waals surface area contributed by atoms with E-state index >= 15 is 0 Å². The molecule has 72 valence electrons. The molecule has 6 atom stereocenters. The van der Waals surface area contributed by atoms with Gasteiger partial charge in [-0.15, -0.1) is 0 Å². The van der Waals surface area contributed by atoms with E-state index in [2.05, 4.69) is 6.92 Å². The van der Waals surface area contributed by atoms with Gasteiger partial charge in [-0.25, -0.2) is 0 Å². The standard InChI is InChI=1S/C11H16O2/c1-3-7(12)6-4-5(2)8-9(6)11-10(8)13-11/h5-6,8-11H,3-4H2,1-2H3. The van der Waals surface area contributed by atoms with E-state index in [0.717, 1.165) is 12.3 Å². The Morgan fingerprint density at radius 3 is 2.77 bits per heavy atom. The third kappa shape index (κ3) is 0.850. The summed E-state index contributed by atoms with van der Waals surface area (Å²) in [7, 11) is 0. The highest BCUT2D eigenvalue weighted by atomic mass is 16.6. The number of rotatable bonds is 2. The fourth-order valence-electron chi connectivity index (χ4n) is 3.57. The number of epoxide rings is 1. The van der Waals surface area contributed by atoms with E-state index in [1.807, 2.05) is 6.92 Å². The molecule has 0 aromatic rings. The smallest absolute Gasteiger partial charge is 0.136 e. The number of ketones is 1. The summed E-state index contributed by atoms with van der Waals surface area (Å²) in [4.78, 5) is 11.7. The Bertz CT molecular complexity index is 261. The average molecular weight is 180 g/mol. The predicted molar refractivity (Wildman–Crippen MR) is 48.2 cm³/mol.